The summed E-state index contributed by atoms with van der Waals surface area (Å²) in [5.74, 6) is -0.677. The van der Waals surface area contributed by atoms with Crippen LogP contribution in [-0.2, 0) is 6.42 Å². The SMILES string of the molecule is CN=C(NCCOc1ccc(F)cc1F)NCCc1nc(C)c(C)s1. The van der Waals surface area contributed by atoms with E-state index in [1.165, 1.54) is 10.9 Å². The fourth-order valence-corrected chi connectivity index (χ4v) is 3.01. The third-order valence-corrected chi connectivity index (χ3v) is 4.61. The average molecular weight is 368 g/mol. The van der Waals surface area contributed by atoms with Crippen LogP contribution in [0, 0.1) is 25.5 Å². The van der Waals surface area contributed by atoms with Gasteiger partial charge < -0.3 is 15.4 Å². The summed E-state index contributed by atoms with van der Waals surface area (Å²) in [5.41, 5.74) is 1.08. The van der Waals surface area contributed by atoms with Gasteiger partial charge in [0.25, 0.3) is 0 Å². The van der Waals surface area contributed by atoms with Gasteiger partial charge in [-0.3, -0.25) is 4.99 Å². The lowest BCUT2D eigenvalue weighted by Crippen LogP contribution is -2.40. The van der Waals surface area contributed by atoms with Gasteiger partial charge in [-0.15, -0.1) is 11.3 Å². The molecule has 0 bridgehead atoms. The van der Waals surface area contributed by atoms with Gasteiger partial charge in [-0.05, 0) is 26.0 Å². The predicted molar refractivity (Wildman–Crippen MR) is 96.5 cm³/mol. The minimum Gasteiger partial charge on any atom is -0.489 e. The molecule has 8 heteroatoms. The largest absolute Gasteiger partial charge is 0.489 e. The summed E-state index contributed by atoms with van der Waals surface area (Å²) in [6.45, 7) is 5.45. The maximum atomic E-state index is 13.4. The number of nitrogens with one attached hydrogen (secondary N) is 2. The molecule has 0 saturated carbocycles. The zero-order valence-electron chi connectivity index (χ0n) is 14.5. The highest BCUT2D eigenvalue weighted by molar-refractivity contribution is 7.11. The molecule has 0 aliphatic rings. The molecule has 0 saturated heterocycles. The molecule has 2 aromatic rings. The van der Waals surface area contributed by atoms with Crippen LogP contribution in [-0.4, -0.2) is 37.7 Å². The number of ether oxygens (including phenoxy) is 1. The van der Waals surface area contributed by atoms with Gasteiger partial charge in [0.2, 0.25) is 0 Å². The summed E-state index contributed by atoms with van der Waals surface area (Å²) < 4.78 is 31.5. The third-order valence-electron chi connectivity index (χ3n) is 3.47. The van der Waals surface area contributed by atoms with E-state index in [2.05, 4.69) is 27.5 Å². The predicted octanol–water partition coefficient (Wildman–Crippen LogP) is 2.82. The Bertz CT molecular complexity index is 714. The molecule has 0 aliphatic heterocycles. The molecule has 5 nitrogen and oxygen atoms in total. The van der Waals surface area contributed by atoms with Crippen molar-refractivity contribution in [3.8, 4) is 5.75 Å². The van der Waals surface area contributed by atoms with Crippen molar-refractivity contribution in [2.24, 2.45) is 4.99 Å². The van der Waals surface area contributed by atoms with Crippen LogP contribution in [0.5, 0.6) is 5.75 Å². The number of aliphatic imine (C=N–C) groups is 1. The zero-order valence-corrected chi connectivity index (χ0v) is 15.3. The molecule has 0 spiro atoms. The van der Waals surface area contributed by atoms with Gasteiger partial charge in [-0.1, -0.05) is 0 Å². The Balaban J connectivity index is 1.68. The number of hydrogen-bond donors (Lipinski definition) is 2. The molecule has 1 heterocycles. The second-order valence-electron chi connectivity index (χ2n) is 5.35. The normalized spacial score (nSPS) is 11.5. The van der Waals surface area contributed by atoms with Gasteiger partial charge in [-0.25, -0.2) is 13.8 Å². The Labute approximate surface area is 150 Å². The van der Waals surface area contributed by atoms with Gasteiger partial charge in [0.15, 0.2) is 17.5 Å². The summed E-state index contributed by atoms with van der Waals surface area (Å²) in [4.78, 5) is 9.84. The number of guanidine groups is 1. The van der Waals surface area contributed by atoms with Crippen molar-refractivity contribution in [1.29, 1.82) is 0 Å². The molecule has 25 heavy (non-hydrogen) atoms. The van der Waals surface area contributed by atoms with E-state index in [0.29, 0.717) is 19.0 Å². The number of nitrogens with zero attached hydrogens (tertiary/aromatic N) is 2. The van der Waals surface area contributed by atoms with Crippen molar-refractivity contribution in [3.63, 3.8) is 0 Å². The first-order chi connectivity index (χ1) is 12.0. The average Bonchev–Trinajstić information content (AvgIpc) is 2.89. The fourth-order valence-electron chi connectivity index (χ4n) is 2.08. The molecule has 136 valence electrons. The number of thiazole rings is 1. The molecule has 1 aromatic heterocycles. The second-order valence-corrected chi connectivity index (χ2v) is 6.64. The van der Waals surface area contributed by atoms with Gasteiger partial charge >= 0.3 is 0 Å². The van der Waals surface area contributed by atoms with Gasteiger partial charge in [0.05, 0.1) is 17.2 Å². The lowest BCUT2D eigenvalue weighted by molar-refractivity contribution is 0.304. The Kier molecular flexibility index (Phi) is 7.12. The minimum absolute atomic E-state index is 0.0284. The second kappa shape index (κ2) is 9.31. The van der Waals surface area contributed by atoms with Crippen LogP contribution in [0.3, 0.4) is 0 Å². The van der Waals surface area contributed by atoms with Crippen molar-refractivity contribution >= 4 is 17.3 Å². The first-order valence-corrected chi connectivity index (χ1v) is 8.76. The summed E-state index contributed by atoms with van der Waals surface area (Å²) in [6.07, 6.45) is 0.817. The Hall–Kier alpha value is -2.22. The Morgan fingerprint density at radius 2 is 2.00 bits per heavy atom. The highest BCUT2D eigenvalue weighted by Gasteiger charge is 2.06. The van der Waals surface area contributed by atoms with Crippen LogP contribution >= 0.6 is 11.3 Å². The van der Waals surface area contributed by atoms with Crippen molar-refractivity contribution in [3.05, 3.63) is 45.4 Å². The van der Waals surface area contributed by atoms with Gasteiger partial charge in [-0.2, -0.15) is 0 Å². The third kappa shape index (κ3) is 5.97. The van der Waals surface area contributed by atoms with E-state index < -0.39 is 11.6 Å². The molecule has 2 rings (SSSR count). The zero-order chi connectivity index (χ0) is 18.2. The summed E-state index contributed by atoms with van der Waals surface area (Å²) >= 11 is 1.70. The molecule has 0 aliphatic carbocycles. The van der Waals surface area contributed by atoms with Crippen LogP contribution in [0.2, 0.25) is 0 Å². The molecule has 0 amide bonds. The molecule has 0 atom stereocenters. The number of aryl methyl sites for hydroxylation is 2. The van der Waals surface area contributed by atoms with E-state index >= 15 is 0 Å². The number of rotatable bonds is 7. The maximum absolute atomic E-state index is 13.4. The standard InChI is InChI=1S/C17H22F2N4OS/c1-11-12(2)25-16(23-11)6-7-21-17(20-3)22-8-9-24-15-5-4-13(18)10-14(15)19/h4-5,10H,6-9H2,1-3H3,(H2,20,21,22). The van der Waals surface area contributed by atoms with E-state index in [9.17, 15) is 8.78 Å². The van der Waals surface area contributed by atoms with Crippen LogP contribution in [0.25, 0.3) is 0 Å². The minimum atomic E-state index is -0.712. The topological polar surface area (TPSA) is 58.5 Å². The van der Waals surface area contributed by atoms with Crippen molar-refractivity contribution in [1.82, 2.24) is 15.6 Å². The van der Waals surface area contributed by atoms with E-state index in [0.717, 1.165) is 29.3 Å². The number of benzene rings is 1. The monoisotopic (exact) mass is 368 g/mol. The van der Waals surface area contributed by atoms with E-state index in [-0.39, 0.29) is 12.4 Å². The maximum Gasteiger partial charge on any atom is 0.191 e. The van der Waals surface area contributed by atoms with Gasteiger partial charge in [0.1, 0.15) is 12.4 Å². The summed E-state index contributed by atoms with van der Waals surface area (Å²) in [5, 5.41) is 7.36. The van der Waals surface area contributed by atoms with Crippen LogP contribution in [0.1, 0.15) is 15.6 Å². The lowest BCUT2D eigenvalue weighted by atomic mass is 10.3. The van der Waals surface area contributed by atoms with Crippen LogP contribution in [0.15, 0.2) is 23.2 Å². The van der Waals surface area contributed by atoms with E-state index in [1.807, 2.05) is 6.92 Å². The number of hydrogen-bond acceptors (Lipinski definition) is 4. The first kappa shape index (κ1) is 19.1. The first-order valence-electron chi connectivity index (χ1n) is 7.95. The highest BCUT2D eigenvalue weighted by atomic mass is 32.1. The Morgan fingerprint density at radius 3 is 2.64 bits per heavy atom. The molecular formula is C17H22F2N4OS. The van der Waals surface area contributed by atoms with Crippen molar-refractivity contribution in [2.45, 2.75) is 20.3 Å². The van der Waals surface area contributed by atoms with Crippen LogP contribution < -0.4 is 15.4 Å². The summed E-state index contributed by atoms with van der Waals surface area (Å²) in [7, 11) is 1.67. The molecule has 0 radical (unpaired) electrons. The summed E-state index contributed by atoms with van der Waals surface area (Å²) in [6, 6.07) is 3.23. The fraction of sp³-hybridized carbons (Fsp3) is 0.412. The molecular weight excluding hydrogens is 346 g/mol. The number of halogens is 2. The molecule has 0 unspecified atom stereocenters. The van der Waals surface area contributed by atoms with Gasteiger partial charge in [0, 0.05) is 31.0 Å². The quantitative estimate of drug-likeness (QED) is 0.448. The van der Waals surface area contributed by atoms with E-state index in [4.69, 9.17) is 4.74 Å². The smallest absolute Gasteiger partial charge is 0.191 e. The number of aromatic nitrogens is 1. The van der Waals surface area contributed by atoms with Crippen molar-refractivity contribution in [2.75, 3.05) is 26.7 Å². The van der Waals surface area contributed by atoms with Crippen molar-refractivity contribution < 1.29 is 13.5 Å². The van der Waals surface area contributed by atoms with Crippen LogP contribution in [0.4, 0.5) is 8.78 Å². The highest BCUT2D eigenvalue weighted by Crippen LogP contribution is 2.17. The molecule has 2 N–H and O–H groups in total. The molecule has 1 aromatic carbocycles. The molecule has 0 fully saturated rings. The Morgan fingerprint density at radius 1 is 1.24 bits per heavy atom. The lowest BCUT2D eigenvalue weighted by Gasteiger charge is -2.12. The van der Waals surface area contributed by atoms with E-state index in [1.54, 1.807) is 18.4 Å².